The van der Waals surface area contributed by atoms with Crippen LogP contribution in [0.3, 0.4) is 0 Å². The van der Waals surface area contributed by atoms with Crippen LogP contribution in [-0.4, -0.2) is 34.8 Å². The van der Waals surface area contributed by atoms with Crippen molar-refractivity contribution in [1.29, 1.82) is 0 Å². The van der Waals surface area contributed by atoms with Crippen LogP contribution in [0.1, 0.15) is 57.6 Å². The van der Waals surface area contributed by atoms with Gasteiger partial charge in [0.1, 0.15) is 0 Å². The van der Waals surface area contributed by atoms with Gasteiger partial charge in [0.2, 0.25) is 11.8 Å². The average Bonchev–Trinajstić information content (AvgIpc) is 3.33. The minimum absolute atomic E-state index is 0.00310. The monoisotopic (exact) mass is 335 g/mol. The Balaban J connectivity index is 1.56. The Kier molecular flexibility index (Phi) is 4.99. The molecule has 5 nitrogen and oxygen atoms in total. The number of likely N-dealkylation sites (tertiary alicyclic amines) is 1. The lowest BCUT2D eigenvalue weighted by Gasteiger charge is -2.33. The second-order valence-corrected chi connectivity index (χ2v) is 7.63. The molecule has 2 heterocycles. The van der Waals surface area contributed by atoms with Gasteiger partial charge in [-0.1, -0.05) is 13.8 Å². The highest BCUT2D eigenvalue weighted by Gasteiger charge is 2.31. The number of hydrogen-bond donors (Lipinski definition) is 1. The van der Waals surface area contributed by atoms with Crippen LogP contribution in [0, 0.1) is 11.8 Å². The van der Waals surface area contributed by atoms with E-state index in [9.17, 15) is 9.59 Å². The van der Waals surface area contributed by atoms with Crippen LogP contribution >= 0.6 is 11.3 Å². The number of rotatable bonds is 5. The third-order valence-electron chi connectivity index (χ3n) is 4.89. The molecule has 2 amide bonds. The molecule has 2 atom stereocenters. The molecule has 0 spiro atoms. The van der Waals surface area contributed by atoms with Crippen LogP contribution in [0.15, 0.2) is 5.38 Å². The lowest BCUT2D eigenvalue weighted by atomic mass is 9.95. The van der Waals surface area contributed by atoms with Gasteiger partial charge in [-0.05, 0) is 32.1 Å². The second kappa shape index (κ2) is 6.99. The van der Waals surface area contributed by atoms with Crippen molar-refractivity contribution in [2.75, 3.05) is 18.4 Å². The topological polar surface area (TPSA) is 62.3 Å². The number of nitrogens with zero attached hydrogens (tertiary/aromatic N) is 2. The highest BCUT2D eigenvalue weighted by atomic mass is 32.1. The van der Waals surface area contributed by atoms with Crippen molar-refractivity contribution in [3.63, 3.8) is 0 Å². The van der Waals surface area contributed by atoms with Crippen LogP contribution in [0.5, 0.6) is 0 Å². The van der Waals surface area contributed by atoms with E-state index < -0.39 is 0 Å². The van der Waals surface area contributed by atoms with E-state index in [1.54, 1.807) is 0 Å². The fraction of sp³-hybridized carbons (Fsp3) is 0.706. The van der Waals surface area contributed by atoms with Gasteiger partial charge in [0.05, 0.1) is 11.6 Å². The van der Waals surface area contributed by atoms with Crippen LogP contribution in [0.4, 0.5) is 5.13 Å². The molecule has 1 aliphatic heterocycles. The minimum atomic E-state index is -0.120. The van der Waals surface area contributed by atoms with Crippen LogP contribution in [0.25, 0.3) is 0 Å². The van der Waals surface area contributed by atoms with Crippen molar-refractivity contribution in [1.82, 2.24) is 9.88 Å². The summed E-state index contributed by atoms with van der Waals surface area (Å²) in [5, 5.41) is 5.69. The summed E-state index contributed by atoms with van der Waals surface area (Å²) in [7, 11) is 0. The molecule has 23 heavy (non-hydrogen) atoms. The molecule has 0 radical (unpaired) electrons. The average molecular weight is 335 g/mol. The third-order valence-corrected chi connectivity index (χ3v) is 5.66. The van der Waals surface area contributed by atoms with E-state index >= 15 is 0 Å². The zero-order valence-electron chi connectivity index (χ0n) is 13.9. The number of anilines is 1. The largest absolute Gasteiger partial charge is 0.342 e. The fourth-order valence-corrected chi connectivity index (χ4v) is 3.79. The van der Waals surface area contributed by atoms with E-state index in [4.69, 9.17) is 0 Å². The molecule has 126 valence electrons. The van der Waals surface area contributed by atoms with Gasteiger partial charge < -0.3 is 10.2 Å². The summed E-state index contributed by atoms with van der Waals surface area (Å²) < 4.78 is 0. The number of piperidine rings is 1. The predicted molar refractivity (Wildman–Crippen MR) is 91.5 cm³/mol. The number of nitrogens with one attached hydrogen (secondary N) is 1. The summed E-state index contributed by atoms with van der Waals surface area (Å²) in [6, 6.07) is 0. The van der Waals surface area contributed by atoms with Gasteiger partial charge in [-0.25, -0.2) is 4.98 Å². The first-order valence-corrected chi connectivity index (χ1v) is 9.51. The molecular formula is C17H25N3O2S. The molecule has 3 rings (SSSR count). The van der Waals surface area contributed by atoms with E-state index in [1.165, 1.54) is 24.2 Å². The molecule has 1 saturated carbocycles. The Morgan fingerprint density at radius 3 is 2.91 bits per heavy atom. The summed E-state index contributed by atoms with van der Waals surface area (Å²) in [4.78, 5) is 31.2. The van der Waals surface area contributed by atoms with Gasteiger partial charge in [0, 0.05) is 30.3 Å². The van der Waals surface area contributed by atoms with Crippen LogP contribution in [0.2, 0.25) is 0 Å². The number of carbonyl (C=O) groups excluding carboxylic acids is 2. The SMILES string of the molecule is CC[C@@H](C)C(=O)N1CCC[C@@H](C(=O)Nc2nc(C3CC3)cs2)C1. The van der Waals surface area contributed by atoms with Gasteiger partial charge in [-0.2, -0.15) is 0 Å². The Morgan fingerprint density at radius 1 is 1.43 bits per heavy atom. The van der Waals surface area contributed by atoms with Gasteiger partial charge in [0.15, 0.2) is 5.13 Å². The quantitative estimate of drug-likeness (QED) is 0.898. The molecule has 6 heteroatoms. The maximum Gasteiger partial charge on any atom is 0.231 e. The lowest BCUT2D eigenvalue weighted by molar-refractivity contribution is -0.138. The second-order valence-electron chi connectivity index (χ2n) is 6.77. The molecule has 1 aromatic rings. The highest BCUT2D eigenvalue weighted by molar-refractivity contribution is 7.13. The molecule has 0 aromatic carbocycles. The van der Waals surface area contributed by atoms with E-state index in [2.05, 4.69) is 10.3 Å². The lowest BCUT2D eigenvalue weighted by Crippen LogP contribution is -2.45. The molecule has 1 aromatic heterocycles. The Bertz CT molecular complexity index is 582. The van der Waals surface area contributed by atoms with Gasteiger partial charge in [-0.3, -0.25) is 9.59 Å². The smallest absolute Gasteiger partial charge is 0.231 e. The number of thiazole rings is 1. The van der Waals surface area contributed by atoms with Crippen LogP contribution < -0.4 is 5.32 Å². The molecule has 0 unspecified atom stereocenters. The highest BCUT2D eigenvalue weighted by Crippen LogP contribution is 2.40. The number of amides is 2. The van der Waals surface area contributed by atoms with Crippen molar-refractivity contribution < 1.29 is 9.59 Å². The molecular weight excluding hydrogens is 310 g/mol. The first-order chi connectivity index (χ1) is 11.1. The van der Waals surface area contributed by atoms with Gasteiger partial charge in [-0.15, -0.1) is 11.3 Å². The number of carbonyl (C=O) groups is 2. The van der Waals surface area contributed by atoms with Crippen molar-refractivity contribution in [3.05, 3.63) is 11.1 Å². The van der Waals surface area contributed by atoms with E-state index in [-0.39, 0.29) is 23.7 Å². The molecule has 0 bridgehead atoms. The zero-order valence-corrected chi connectivity index (χ0v) is 14.7. The minimum Gasteiger partial charge on any atom is -0.342 e. The summed E-state index contributed by atoms with van der Waals surface area (Å²) in [5.41, 5.74) is 1.11. The molecule has 2 fully saturated rings. The number of hydrogen-bond acceptors (Lipinski definition) is 4. The molecule has 1 aliphatic carbocycles. The van der Waals surface area contributed by atoms with Crippen molar-refractivity contribution in [3.8, 4) is 0 Å². The fourth-order valence-electron chi connectivity index (χ4n) is 3.00. The van der Waals surface area contributed by atoms with Gasteiger partial charge >= 0.3 is 0 Å². The first-order valence-electron chi connectivity index (χ1n) is 8.63. The number of aromatic nitrogens is 1. The van der Waals surface area contributed by atoms with E-state index in [0.717, 1.165) is 31.5 Å². The summed E-state index contributed by atoms with van der Waals surface area (Å²) in [6.07, 6.45) is 5.01. The Morgan fingerprint density at radius 2 is 2.22 bits per heavy atom. The van der Waals surface area contributed by atoms with E-state index in [0.29, 0.717) is 17.6 Å². The van der Waals surface area contributed by atoms with Crippen molar-refractivity contribution in [2.45, 2.75) is 51.9 Å². The summed E-state index contributed by atoms with van der Waals surface area (Å²) >= 11 is 1.50. The standard InChI is InChI=1S/C17H25N3O2S/c1-3-11(2)16(22)20-8-4-5-13(9-20)15(21)19-17-18-14(10-23-17)12-6-7-12/h10-13H,3-9H2,1-2H3,(H,18,19,21)/t11-,13-/m1/s1. The summed E-state index contributed by atoms with van der Waals surface area (Å²) in [5.74, 6) is 0.704. The van der Waals surface area contributed by atoms with Crippen molar-refractivity contribution in [2.24, 2.45) is 11.8 Å². The van der Waals surface area contributed by atoms with Gasteiger partial charge in [0.25, 0.3) is 0 Å². The summed E-state index contributed by atoms with van der Waals surface area (Å²) in [6.45, 7) is 5.30. The first kappa shape index (κ1) is 16.4. The normalized spacial score (nSPS) is 22.7. The molecule has 2 aliphatic rings. The zero-order chi connectivity index (χ0) is 16.4. The maximum absolute atomic E-state index is 12.5. The Labute approximate surface area is 141 Å². The van der Waals surface area contributed by atoms with E-state index in [1.807, 2.05) is 24.1 Å². The molecule has 1 N–H and O–H groups in total. The van der Waals surface area contributed by atoms with Crippen molar-refractivity contribution >= 4 is 28.3 Å². The third kappa shape index (κ3) is 3.91. The van der Waals surface area contributed by atoms with Crippen LogP contribution in [-0.2, 0) is 9.59 Å². The maximum atomic E-state index is 12.5. The predicted octanol–water partition coefficient (Wildman–Crippen LogP) is 3.24. The Hall–Kier alpha value is -1.43. The molecule has 1 saturated heterocycles.